The normalized spacial score (nSPS) is 19.4. The molecule has 18 heavy (non-hydrogen) atoms. The molecule has 2 N–H and O–H groups in total. The molecule has 0 saturated heterocycles. The summed E-state index contributed by atoms with van der Waals surface area (Å²) in [5.41, 5.74) is 6.69. The van der Waals surface area contributed by atoms with Gasteiger partial charge in [0.1, 0.15) is 16.4 Å². The lowest BCUT2D eigenvalue weighted by Crippen LogP contribution is -2.29. The van der Waals surface area contributed by atoms with E-state index in [1.165, 1.54) is 12.8 Å². The van der Waals surface area contributed by atoms with Crippen LogP contribution in [0.2, 0.25) is 0 Å². The van der Waals surface area contributed by atoms with E-state index in [-0.39, 0.29) is 6.10 Å². The Labute approximate surface area is 114 Å². The maximum Gasteiger partial charge on any atom is 0.148 e. The van der Waals surface area contributed by atoms with E-state index in [2.05, 4.69) is 18.8 Å². The monoisotopic (exact) mass is 264 g/mol. The van der Waals surface area contributed by atoms with Crippen molar-refractivity contribution in [3.63, 3.8) is 0 Å². The summed E-state index contributed by atoms with van der Waals surface area (Å²) in [6, 6.07) is 3.74. The summed E-state index contributed by atoms with van der Waals surface area (Å²) in [4.78, 5) is 4.47. The van der Waals surface area contributed by atoms with Crippen molar-refractivity contribution in [2.24, 2.45) is 11.1 Å². The molecule has 1 aromatic heterocycles. The van der Waals surface area contributed by atoms with Gasteiger partial charge in [0.25, 0.3) is 0 Å². The standard InChI is InChI=1S/C14H20N2OS/c1-14(2)7-5-10(6-8-14)17-11-4-3-9-16-12(11)13(15)18/h3-4,9-10H,5-8H2,1-2H3,(H2,15,18). The van der Waals surface area contributed by atoms with Gasteiger partial charge in [-0.3, -0.25) is 0 Å². The fourth-order valence-electron chi connectivity index (χ4n) is 2.34. The van der Waals surface area contributed by atoms with E-state index in [1.807, 2.05) is 12.1 Å². The van der Waals surface area contributed by atoms with Crippen LogP contribution in [0.15, 0.2) is 18.3 Å². The van der Waals surface area contributed by atoms with Crippen LogP contribution < -0.4 is 10.5 Å². The molecule has 98 valence electrons. The third kappa shape index (κ3) is 3.19. The number of hydrogen-bond acceptors (Lipinski definition) is 3. The van der Waals surface area contributed by atoms with Gasteiger partial charge < -0.3 is 10.5 Å². The highest BCUT2D eigenvalue weighted by Crippen LogP contribution is 2.36. The zero-order valence-electron chi connectivity index (χ0n) is 11.0. The largest absolute Gasteiger partial charge is 0.488 e. The highest BCUT2D eigenvalue weighted by atomic mass is 32.1. The maximum absolute atomic E-state index is 6.01. The fourth-order valence-corrected chi connectivity index (χ4v) is 2.49. The van der Waals surface area contributed by atoms with E-state index in [0.29, 0.717) is 16.1 Å². The minimum Gasteiger partial charge on any atom is -0.488 e. The molecule has 1 aliphatic rings. The molecule has 0 aliphatic heterocycles. The highest BCUT2D eigenvalue weighted by molar-refractivity contribution is 7.80. The molecule has 2 rings (SSSR count). The Balaban J connectivity index is 2.04. The van der Waals surface area contributed by atoms with Gasteiger partial charge in [0.15, 0.2) is 0 Å². The number of thiocarbonyl (C=S) groups is 1. The van der Waals surface area contributed by atoms with E-state index in [4.69, 9.17) is 22.7 Å². The van der Waals surface area contributed by atoms with Gasteiger partial charge in [-0.25, -0.2) is 4.98 Å². The molecular formula is C14H20N2OS. The van der Waals surface area contributed by atoms with Crippen LogP contribution in [0, 0.1) is 5.41 Å². The molecule has 1 saturated carbocycles. The summed E-state index contributed by atoms with van der Waals surface area (Å²) < 4.78 is 6.01. The molecule has 0 bridgehead atoms. The number of hydrogen-bond donors (Lipinski definition) is 1. The van der Waals surface area contributed by atoms with Crippen LogP contribution in [-0.4, -0.2) is 16.1 Å². The summed E-state index contributed by atoms with van der Waals surface area (Å²) in [5.74, 6) is 0.717. The number of nitrogens with two attached hydrogens (primary N) is 1. The van der Waals surface area contributed by atoms with E-state index in [0.717, 1.165) is 18.6 Å². The topological polar surface area (TPSA) is 48.1 Å². The molecule has 1 aliphatic carbocycles. The first-order chi connectivity index (χ1) is 8.48. The van der Waals surface area contributed by atoms with Crippen LogP contribution in [0.1, 0.15) is 45.2 Å². The summed E-state index contributed by atoms with van der Waals surface area (Å²) in [5, 5.41) is 0. The number of rotatable bonds is 3. The SMILES string of the molecule is CC1(C)CCC(Oc2cccnc2C(N)=S)CC1. The lowest BCUT2D eigenvalue weighted by Gasteiger charge is -2.34. The third-order valence-corrected chi connectivity index (χ3v) is 3.78. The molecular weight excluding hydrogens is 244 g/mol. The van der Waals surface area contributed by atoms with Crippen LogP contribution in [0.3, 0.4) is 0 Å². The van der Waals surface area contributed by atoms with Crippen LogP contribution >= 0.6 is 12.2 Å². The smallest absolute Gasteiger partial charge is 0.148 e. The molecule has 1 heterocycles. The average molecular weight is 264 g/mol. The Morgan fingerprint density at radius 2 is 2.11 bits per heavy atom. The lowest BCUT2D eigenvalue weighted by molar-refractivity contribution is 0.0983. The first-order valence-corrected chi connectivity index (χ1v) is 6.80. The predicted octanol–water partition coefficient (Wildman–Crippen LogP) is 3.06. The summed E-state index contributed by atoms with van der Waals surface area (Å²) in [6.07, 6.45) is 6.50. The third-order valence-electron chi connectivity index (χ3n) is 3.58. The second-order valence-corrected chi connectivity index (χ2v) is 6.14. The molecule has 1 aromatic rings. The Bertz CT molecular complexity index is 435. The minimum absolute atomic E-state index is 0.260. The van der Waals surface area contributed by atoms with Gasteiger partial charge in [-0.2, -0.15) is 0 Å². The Kier molecular flexibility index (Phi) is 3.85. The molecule has 0 radical (unpaired) electrons. The zero-order valence-corrected chi connectivity index (χ0v) is 11.8. The van der Waals surface area contributed by atoms with Gasteiger partial charge >= 0.3 is 0 Å². The molecule has 0 unspecified atom stereocenters. The zero-order chi connectivity index (χ0) is 13.2. The van der Waals surface area contributed by atoms with Crippen LogP contribution in [0.5, 0.6) is 5.75 Å². The van der Waals surface area contributed by atoms with Gasteiger partial charge in [0.2, 0.25) is 0 Å². The Morgan fingerprint density at radius 3 is 2.72 bits per heavy atom. The molecule has 0 spiro atoms. The van der Waals surface area contributed by atoms with Gasteiger partial charge in [-0.05, 0) is 43.2 Å². The van der Waals surface area contributed by atoms with Crippen molar-refractivity contribution in [1.29, 1.82) is 0 Å². The average Bonchev–Trinajstić information content (AvgIpc) is 2.32. The number of pyridine rings is 1. The predicted molar refractivity (Wildman–Crippen MR) is 76.8 cm³/mol. The Hall–Kier alpha value is -1.16. The van der Waals surface area contributed by atoms with Gasteiger partial charge in [0, 0.05) is 6.20 Å². The molecule has 0 aromatic carbocycles. The van der Waals surface area contributed by atoms with E-state index >= 15 is 0 Å². The molecule has 4 heteroatoms. The summed E-state index contributed by atoms with van der Waals surface area (Å²) in [6.45, 7) is 4.63. The summed E-state index contributed by atoms with van der Waals surface area (Å²) >= 11 is 4.99. The maximum atomic E-state index is 6.01. The van der Waals surface area contributed by atoms with Crippen molar-refractivity contribution in [2.75, 3.05) is 0 Å². The fraction of sp³-hybridized carbons (Fsp3) is 0.571. The summed E-state index contributed by atoms with van der Waals surface area (Å²) in [7, 11) is 0. The quantitative estimate of drug-likeness (QED) is 0.852. The first-order valence-electron chi connectivity index (χ1n) is 6.39. The van der Waals surface area contributed by atoms with Gasteiger partial charge in [-0.1, -0.05) is 26.1 Å². The Morgan fingerprint density at radius 1 is 1.44 bits per heavy atom. The van der Waals surface area contributed by atoms with Crippen LogP contribution in [-0.2, 0) is 0 Å². The number of aromatic nitrogens is 1. The van der Waals surface area contributed by atoms with Gasteiger partial charge in [-0.15, -0.1) is 0 Å². The van der Waals surface area contributed by atoms with E-state index in [1.54, 1.807) is 6.20 Å². The minimum atomic E-state index is 0.260. The number of nitrogens with zero attached hydrogens (tertiary/aromatic N) is 1. The number of ether oxygens (including phenoxy) is 1. The molecule has 3 nitrogen and oxygen atoms in total. The van der Waals surface area contributed by atoms with E-state index in [9.17, 15) is 0 Å². The van der Waals surface area contributed by atoms with Crippen molar-refractivity contribution in [3.05, 3.63) is 24.0 Å². The lowest BCUT2D eigenvalue weighted by atomic mass is 9.76. The van der Waals surface area contributed by atoms with Crippen molar-refractivity contribution >= 4 is 17.2 Å². The van der Waals surface area contributed by atoms with Crippen molar-refractivity contribution in [3.8, 4) is 5.75 Å². The van der Waals surface area contributed by atoms with Gasteiger partial charge in [0.05, 0.1) is 6.10 Å². The van der Waals surface area contributed by atoms with Crippen molar-refractivity contribution < 1.29 is 4.74 Å². The second-order valence-electron chi connectivity index (χ2n) is 5.70. The van der Waals surface area contributed by atoms with Crippen LogP contribution in [0.25, 0.3) is 0 Å². The van der Waals surface area contributed by atoms with Crippen LogP contribution in [0.4, 0.5) is 0 Å². The first kappa shape index (κ1) is 13.3. The highest BCUT2D eigenvalue weighted by Gasteiger charge is 2.28. The molecule has 0 atom stereocenters. The second kappa shape index (κ2) is 5.22. The van der Waals surface area contributed by atoms with Crippen molar-refractivity contribution in [2.45, 2.75) is 45.6 Å². The van der Waals surface area contributed by atoms with E-state index < -0.39 is 0 Å². The van der Waals surface area contributed by atoms with Crippen molar-refractivity contribution in [1.82, 2.24) is 4.98 Å². The molecule has 0 amide bonds. The molecule has 1 fully saturated rings.